The summed E-state index contributed by atoms with van der Waals surface area (Å²) in [4.78, 5) is 0. The van der Waals surface area contributed by atoms with Crippen LogP contribution < -0.4 is 0 Å². The van der Waals surface area contributed by atoms with Gasteiger partial charge in [-0.15, -0.1) is 0 Å². The Bertz CT molecular complexity index is 1470. The molecule has 4 rings (SSSR count). The van der Waals surface area contributed by atoms with Crippen LogP contribution in [0.15, 0.2) is 44.4 Å². The molecule has 2 unspecified atom stereocenters. The number of halogens is 2. The molecule has 2 aliphatic carbocycles. The Hall–Kier alpha value is -1.30. The van der Waals surface area contributed by atoms with Crippen LogP contribution in [0.1, 0.15) is 61.1 Å². The van der Waals surface area contributed by atoms with Crippen LogP contribution in [-0.2, 0) is 29.7 Å². The predicted molar refractivity (Wildman–Crippen MR) is 145 cm³/mol. The van der Waals surface area contributed by atoms with E-state index in [9.17, 15) is 25.9 Å². The van der Waals surface area contributed by atoms with Crippen LogP contribution >= 0.6 is 31.9 Å². The molecule has 2 aromatic rings. The van der Waals surface area contributed by atoms with Crippen LogP contribution in [0.5, 0.6) is 0 Å². The SMILES string of the molecule is CC1=Cc2c(Br)cc(C)cc2C1(C(C)(C)C1(S(=O)(=O)O)C(C)=Cc2c(Br)cc(C)cc21)S(=O)(=O)O. The summed E-state index contributed by atoms with van der Waals surface area (Å²) < 4.78 is 73.1. The van der Waals surface area contributed by atoms with E-state index in [2.05, 4.69) is 31.9 Å². The molecule has 35 heavy (non-hydrogen) atoms. The van der Waals surface area contributed by atoms with E-state index in [0.29, 0.717) is 20.1 Å². The lowest BCUT2D eigenvalue weighted by atomic mass is 9.61. The van der Waals surface area contributed by atoms with Crippen molar-refractivity contribution < 1.29 is 25.9 Å². The predicted octanol–water partition coefficient (Wildman–Crippen LogP) is 6.55. The van der Waals surface area contributed by atoms with Crippen LogP contribution in [-0.4, -0.2) is 25.9 Å². The molecule has 0 amide bonds. The van der Waals surface area contributed by atoms with Crippen molar-refractivity contribution >= 4 is 64.2 Å². The fraction of sp³-hybridized carbons (Fsp3) is 0.360. The fourth-order valence-corrected chi connectivity index (χ4v) is 11.5. The Morgan fingerprint density at radius 2 is 1.00 bits per heavy atom. The Kier molecular flexibility index (Phi) is 6.00. The lowest BCUT2D eigenvalue weighted by Crippen LogP contribution is -2.61. The number of aryl methyl sites for hydroxylation is 2. The Morgan fingerprint density at radius 3 is 1.29 bits per heavy atom. The lowest BCUT2D eigenvalue weighted by Gasteiger charge is -2.53. The quantitative estimate of drug-likeness (QED) is 0.365. The molecule has 2 atom stereocenters. The summed E-state index contributed by atoms with van der Waals surface area (Å²) in [7, 11) is -10.0. The maximum Gasteiger partial charge on any atom is 0.279 e. The second-order valence-electron chi connectivity index (χ2n) is 10.0. The first-order valence-corrected chi connectivity index (χ1v) is 15.2. The minimum Gasteiger partial charge on any atom is -0.285 e. The third-order valence-corrected chi connectivity index (χ3v) is 12.6. The molecule has 2 N–H and O–H groups in total. The van der Waals surface area contributed by atoms with E-state index in [1.54, 1.807) is 52.0 Å². The molecule has 0 radical (unpaired) electrons. The van der Waals surface area contributed by atoms with Crippen molar-refractivity contribution in [3.63, 3.8) is 0 Å². The molecular formula is C25H26Br2O6S2. The van der Waals surface area contributed by atoms with Crippen molar-refractivity contribution in [1.29, 1.82) is 0 Å². The molecule has 0 aromatic heterocycles. The topological polar surface area (TPSA) is 109 Å². The summed E-state index contributed by atoms with van der Waals surface area (Å²) in [5, 5.41) is 0. The highest BCUT2D eigenvalue weighted by Crippen LogP contribution is 2.68. The van der Waals surface area contributed by atoms with E-state index in [1.807, 2.05) is 12.1 Å². The third kappa shape index (κ3) is 3.16. The van der Waals surface area contributed by atoms with E-state index in [1.165, 1.54) is 13.8 Å². The molecule has 0 heterocycles. The average Bonchev–Trinajstić information content (AvgIpc) is 3.13. The summed E-state index contributed by atoms with van der Waals surface area (Å²) in [6.45, 7) is 9.68. The van der Waals surface area contributed by atoms with Gasteiger partial charge in [-0.3, -0.25) is 9.11 Å². The van der Waals surface area contributed by atoms with E-state index >= 15 is 0 Å². The molecule has 0 fully saturated rings. The molecule has 0 aliphatic heterocycles. The van der Waals surface area contributed by atoms with Crippen LogP contribution in [0, 0.1) is 19.3 Å². The van der Waals surface area contributed by atoms with Gasteiger partial charge in [0, 0.05) is 14.4 Å². The van der Waals surface area contributed by atoms with Crippen LogP contribution in [0.2, 0.25) is 0 Å². The highest BCUT2D eigenvalue weighted by Gasteiger charge is 2.73. The van der Waals surface area contributed by atoms with Crippen molar-refractivity contribution in [1.82, 2.24) is 0 Å². The monoisotopic (exact) mass is 644 g/mol. The van der Waals surface area contributed by atoms with E-state index < -0.39 is 35.1 Å². The summed E-state index contributed by atoms with van der Waals surface area (Å²) in [6.07, 6.45) is 3.29. The smallest absolute Gasteiger partial charge is 0.279 e. The average molecular weight is 646 g/mol. The summed E-state index contributed by atoms with van der Waals surface area (Å²) in [5.41, 5.74) is 1.70. The zero-order chi connectivity index (χ0) is 26.5. The standard InChI is InChI=1S/C25H26Br2O6S2/c1-13-7-19-17(21(26)9-13)11-15(3)24(19,34(28,29)30)23(5,6)25(35(31,32)33)16(4)12-18-20(25)8-14(2)10-22(18)27/h7-12H,1-6H3,(H,28,29,30)(H,31,32,33). The molecular weight excluding hydrogens is 620 g/mol. The van der Waals surface area contributed by atoms with Crippen LogP contribution in [0.3, 0.4) is 0 Å². The summed E-state index contributed by atoms with van der Waals surface area (Å²) in [5.74, 6) is 0. The maximum atomic E-state index is 13.6. The van der Waals surface area contributed by atoms with Crippen molar-refractivity contribution in [3.8, 4) is 0 Å². The van der Waals surface area contributed by atoms with Crippen molar-refractivity contribution in [3.05, 3.63) is 77.7 Å². The van der Waals surface area contributed by atoms with Gasteiger partial charge in [-0.25, -0.2) is 0 Å². The largest absolute Gasteiger partial charge is 0.285 e. The highest BCUT2D eigenvalue weighted by atomic mass is 79.9. The molecule has 0 saturated carbocycles. The zero-order valence-corrected chi connectivity index (χ0v) is 24.9. The number of hydrogen-bond acceptors (Lipinski definition) is 4. The molecule has 0 spiro atoms. The molecule has 0 bridgehead atoms. The van der Waals surface area contributed by atoms with E-state index in [0.717, 1.165) is 11.1 Å². The van der Waals surface area contributed by atoms with Gasteiger partial charge in [-0.2, -0.15) is 16.8 Å². The first-order chi connectivity index (χ1) is 15.9. The minimum absolute atomic E-state index is 0.252. The van der Waals surface area contributed by atoms with Crippen molar-refractivity contribution in [2.75, 3.05) is 0 Å². The van der Waals surface area contributed by atoms with E-state index in [-0.39, 0.29) is 22.3 Å². The normalized spacial score (nSPS) is 24.2. The minimum atomic E-state index is -5.00. The molecule has 188 valence electrons. The van der Waals surface area contributed by atoms with Crippen molar-refractivity contribution in [2.45, 2.75) is 51.0 Å². The first kappa shape index (κ1) is 26.8. The fourth-order valence-electron chi connectivity index (χ4n) is 6.68. The second kappa shape index (κ2) is 7.85. The Morgan fingerprint density at radius 1 is 0.686 bits per heavy atom. The first-order valence-electron chi connectivity index (χ1n) is 10.8. The third-order valence-electron chi connectivity index (χ3n) is 7.67. The lowest BCUT2D eigenvalue weighted by molar-refractivity contribution is 0.185. The van der Waals surface area contributed by atoms with Crippen molar-refractivity contribution in [2.24, 2.45) is 5.41 Å². The Labute approximate surface area is 223 Å². The van der Waals surface area contributed by atoms with Gasteiger partial charge in [0.2, 0.25) is 0 Å². The number of benzene rings is 2. The maximum absolute atomic E-state index is 13.6. The van der Waals surface area contributed by atoms with Crippen LogP contribution in [0.4, 0.5) is 0 Å². The number of hydrogen-bond donors (Lipinski definition) is 2. The van der Waals surface area contributed by atoms with Gasteiger partial charge < -0.3 is 0 Å². The second-order valence-corrected chi connectivity index (χ2v) is 14.8. The zero-order valence-electron chi connectivity index (χ0n) is 20.1. The van der Waals surface area contributed by atoms with Gasteiger partial charge in [0.1, 0.15) is 0 Å². The molecule has 10 heteroatoms. The summed E-state index contributed by atoms with van der Waals surface area (Å²) >= 11 is 7.00. The highest BCUT2D eigenvalue weighted by molar-refractivity contribution is 9.10. The van der Waals surface area contributed by atoms with Gasteiger partial charge >= 0.3 is 0 Å². The van der Waals surface area contributed by atoms with Crippen LogP contribution in [0.25, 0.3) is 12.2 Å². The molecule has 6 nitrogen and oxygen atoms in total. The summed E-state index contributed by atoms with van der Waals surface area (Å²) in [6, 6.07) is 6.96. The number of fused-ring (bicyclic) bond motifs is 2. The number of rotatable bonds is 4. The van der Waals surface area contributed by atoms with Gasteiger partial charge in [0.05, 0.1) is 0 Å². The molecule has 2 aromatic carbocycles. The molecule has 0 saturated heterocycles. The van der Waals surface area contributed by atoms with Gasteiger partial charge in [-0.05, 0) is 84.4 Å². The van der Waals surface area contributed by atoms with Gasteiger partial charge in [0.15, 0.2) is 9.49 Å². The van der Waals surface area contributed by atoms with E-state index in [4.69, 9.17) is 0 Å². The van der Waals surface area contributed by atoms with Gasteiger partial charge in [0.25, 0.3) is 20.2 Å². The Balaban J connectivity index is 2.29. The molecule has 2 aliphatic rings. The van der Waals surface area contributed by atoms with Gasteiger partial charge in [-0.1, -0.05) is 70.0 Å².